The Morgan fingerprint density at radius 1 is 1.33 bits per heavy atom. The first-order valence-corrected chi connectivity index (χ1v) is 7.32. The van der Waals surface area contributed by atoms with Crippen molar-refractivity contribution in [1.29, 1.82) is 0 Å². The van der Waals surface area contributed by atoms with Gasteiger partial charge in [0.15, 0.2) is 0 Å². The molecule has 1 aliphatic carbocycles. The molecule has 1 aromatic rings. The van der Waals surface area contributed by atoms with Crippen LogP contribution in [0.1, 0.15) is 42.5 Å². The van der Waals surface area contributed by atoms with Crippen LogP contribution in [0.15, 0.2) is 12.1 Å². The molecule has 0 spiro atoms. The molecule has 1 saturated carbocycles. The number of rotatable bonds is 6. The molecular formula is C15H22FN3O2. The van der Waals surface area contributed by atoms with E-state index in [9.17, 15) is 9.18 Å². The lowest BCUT2D eigenvalue weighted by Gasteiger charge is -2.22. The molecule has 21 heavy (non-hydrogen) atoms. The number of anilines is 2. The smallest absolute Gasteiger partial charge is 0.250 e. The van der Waals surface area contributed by atoms with Gasteiger partial charge in [0.2, 0.25) is 0 Å². The fourth-order valence-corrected chi connectivity index (χ4v) is 2.58. The minimum Gasteiger partial charge on any atom is -0.398 e. The van der Waals surface area contributed by atoms with Crippen LogP contribution in [0.4, 0.5) is 15.8 Å². The van der Waals surface area contributed by atoms with Crippen molar-refractivity contribution in [3.8, 4) is 0 Å². The number of benzene rings is 1. The number of halogens is 1. The van der Waals surface area contributed by atoms with E-state index in [1.165, 1.54) is 25.3 Å². The Bertz CT molecular complexity index is 502. The van der Waals surface area contributed by atoms with E-state index in [0.717, 1.165) is 18.9 Å². The second-order valence-corrected chi connectivity index (χ2v) is 5.34. The summed E-state index contributed by atoms with van der Waals surface area (Å²) in [6.07, 6.45) is 6.23. The highest BCUT2D eigenvalue weighted by Crippen LogP contribution is 2.22. The van der Waals surface area contributed by atoms with E-state index in [4.69, 9.17) is 16.2 Å². The van der Waals surface area contributed by atoms with Gasteiger partial charge in [-0.1, -0.05) is 19.3 Å². The maximum atomic E-state index is 13.7. The minimum atomic E-state index is -0.672. The Hall–Kier alpha value is -1.82. The van der Waals surface area contributed by atoms with E-state index in [1.807, 2.05) is 0 Å². The monoisotopic (exact) mass is 295 g/mol. The van der Waals surface area contributed by atoms with Crippen molar-refractivity contribution < 1.29 is 13.9 Å². The highest BCUT2D eigenvalue weighted by molar-refractivity contribution is 5.99. The molecule has 1 aromatic carbocycles. The number of carbonyl (C=O) groups is 1. The summed E-state index contributed by atoms with van der Waals surface area (Å²) < 4.78 is 19.5. The summed E-state index contributed by atoms with van der Waals surface area (Å²) in [5.41, 5.74) is 11.1. The number of carbonyl (C=O) groups excluding carboxylic acids is 1. The summed E-state index contributed by atoms with van der Waals surface area (Å²) in [6, 6.07) is 2.44. The standard InChI is InChI=1S/C15H22FN3O2/c16-12-9-13(17)11(15(18)20)8-14(12)19-6-7-21-10-4-2-1-3-5-10/h8-10,19H,1-7,17H2,(H2,18,20). The Balaban J connectivity index is 1.85. The molecule has 1 amide bonds. The SMILES string of the molecule is NC(=O)c1cc(NCCOC2CCCCC2)c(F)cc1N. The number of primary amides is 1. The van der Waals surface area contributed by atoms with Crippen molar-refractivity contribution in [2.75, 3.05) is 24.2 Å². The van der Waals surface area contributed by atoms with Gasteiger partial charge in [0.1, 0.15) is 5.82 Å². The normalized spacial score (nSPS) is 15.9. The molecule has 1 aliphatic rings. The first-order chi connectivity index (χ1) is 10.1. The number of nitrogen functional groups attached to an aromatic ring is 1. The van der Waals surface area contributed by atoms with Gasteiger partial charge in [-0.2, -0.15) is 0 Å². The lowest BCUT2D eigenvalue weighted by molar-refractivity contribution is 0.0347. The van der Waals surface area contributed by atoms with Gasteiger partial charge < -0.3 is 21.5 Å². The molecule has 0 aliphatic heterocycles. The molecule has 5 N–H and O–H groups in total. The number of hydrogen-bond donors (Lipinski definition) is 3. The summed E-state index contributed by atoms with van der Waals surface area (Å²) in [4.78, 5) is 11.2. The van der Waals surface area contributed by atoms with Crippen LogP contribution in [-0.4, -0.2) is 25.2 Å². The molecule has 116 valence electrons. The first-order valence-electron chi connectivity index (χ1n) is 7.32. The Labute approximate surface area is 123 Å². The zero-order chi connectivity index (χ0) is 15.2. The third-order valence-electron chi connectivity index (χ3n) is 3.73. The molecule has 0 unspecified atom stereocenters. The van der Waals surface area contributed by atoms with Crippen molar-refractivity contribution in [1.82, 2.24) is 0 Å². The molecule has 0 bridgehead atoms. The van der Waals surface area contributed by atoms with E-state index in [-0.39, 0.29) is 16.9 Å². The van der Waals surface area contributed by atoms with Crippen LogP contribution in [0.5, 0.6) is 0 Å². The number of amides is 1. The van der Waals surface area contributed by atoms with Gasteiger partial charge in [-0.25, -0.2) is 4.39 Å². The van der Waals surface area contributed by atoms with E-state index >= 15 is 0 Å². The maximum Gasteiger partial charge on any atom is 0.250 e. The second kappa shape index (κ2) is 7.26. The van der Waals surface area contributed by atoms with Crippen LogP contribution >= 0.6 is 0 Å². The predicted octanol–water partition coefficient (Wildman–Crippen LogP) is 2.27. The van der Waals surface area contributed by atoms with Crippen LogP contribution in [0.25, 0.3) is 0 Å². The van der Waals surface area contributed by atoms with Gasteiger partial charge in [0.25, 0.3) is 5.91 Å². The highest BCUT2D eigenvalue weighted by atomic mass is 19.1. The first kappa shape index (κ1) is 15.6. The minimum absolute atomic E-state index is 0.0454. The summed E-state index contributed by atoms with van der Waals surface area (Å²) in [7, 11) is 0. The van der Waals surface area contributed by atoms with E-state index in [2.05, 4.69) is 5.32 Å². The average molecular weight is 295 g/mol. The van der Waals surface area contributed by atoms with Gasteiger partial charge in [0.05, 0.1) is 24.0 Å². The summed E-state index contributed by atoms with van der Waals surface area (Å²) >= 11 is 0. The average Bonchev–Trinajstić information content (AvgIpc) is 2.46. The quantitative estimate of drug-likeness (QED) is 0.554. The molecule has 2 rings (SSSR count). The van der Waals surface area contributed by atoms with Crippen molar-refractivity contribution in [3.63, 3.8) is 0 Å². The van der Waals surface area contributed by atoms with Gasteiger partial charge in [-0.3, -0.25) is 4.79 Å². The molecule has 0 heterocycles. The number of nitrogens with one attached hydrogen (secondary N) is 1. The fourth-order valence-electron chi connectivity index (χ4n) is 2.58. The number of hydrogen-bond acceptors (Lipinski definition) is 4. The molecule has 0 radical (unpaired) electrons. The summed E-state index contributed by atoms with van der Waals surface area (Å²) in [6.45, 7) is 0.968. The molecule has 5 nitrogen and oxygen atoms in total. The second-order valence-electron chi connectivity index (χ2n) is 5.34. The van der Waals surface area contributed by atoms with Crippen molar-refractivity contribution in [2.24, 2.45) is 5.73 Å². The number of nitrogens with two attached hydrogens (primary N) is 2. The molecule has 1 fully saturated rings. The van der Waals surface area contributed by atoms with Crippen LogP contribution in [0.2, 0.25) is 0 Å². The van der Waals surface area contributed by atoms with Crippen molar-refractivity contribution in [2.45, 2.75) is 38.2 Å². The highest BCUT2D eigenvalue weighted by Gasteiger charge is 2.14. The third-order valence-corrected chi connectivity index (χ3v) is 3.73. The van der Waals surface area contributed by atoms with Crippen LogP contribution in [0.3, 0.4) is 0 Å². The van der Waals surface area contributed by atoms with E-state index < -0.39 is 11.7 Å². The van der Waals surface area contributed by atoms with Gasteiger partial charge in [0, 0.05) is 12.2 Å². The zero-order valence-corrected chi connectivity index (χ0v) is 12.0. The van der Waals surface area contributed by atoms with Crippen molar-refractivity contribution >= 4 is 17.3 Å². The van der Waals surface area contributed by atoms with Gasteiger partial charge in [-0.05, 0) is 25.0 Å². The van der Waals surface area contributed by atoms with Gasteiger partial charge in [-0.15, -0.1) is 0 Å². The number of ether oxygens (including phenoxy) is 1. The Kier molecular flexibility index (Phi) is 5.38. The fraction of sp³-hybridized carbons (Fsp3) is 0.533. The Morgan fingerprint density at radius 3 is 2.71 bits per heavy atom. The summed E-state index contributed by atoms with van der Waals surface area (Å²) in [5, 5.41) is 2.91. The van der Waals surface area contributed by atoms with Crippen LogP contribution in [0, 0.1) is 5.82 Å². The third kappa shape index (κ3) is 4.32. The molecule has 6 heteroatoms. The molecular weight excluding hydrogens is 273 g/mol. The topological polar surface area (TPSA) is 90.4 Å². The zero-order valence-electron chi connectivity index (χ0n) is 12.0. The Morgan fingerprint density at radius 2 is 2.05 bits per heavy atom. The molecule has 0 aromatic heterocycles. The lowest BCUT2D eigenvalue weighted by atomic mass is 9.98. The van der Waals surface area contributed by atoms with E-state index in [1.54, 1.807) is 0 Å². The molecule has 0 saturated heterocycles. The van der Waals surface area contributed by atoms with Gasteiger partial charge >= 0.3 is 0 Å². The van der Waals surface area contributed by atoms with E-state index in [0.29, 0.717) is 19.3 Å². The predicted molar refractivity (Wildman–Crippen MR) is 80.6 cm³/mol. The van der Waals surface area contributed by atoms with Crippen LogP contribution < -0.4 is 16.8 Å². The maximum absolute atomic E-state index is 13.7. The van der Waals surface area contributed by atoms with Crippen molar-refractivity contribution in [3.05, 3.63) is 23.5 Å². The lowest BCUT2D eigenvalue weighted by Crippen LogP contribution is -2.21. The largest absolute Gasteiger partial charge is 0.398 e. The summed E-state index contributed by atoms with van der Waals surface area (Å²) in [5.74, 6) is -1.18. The van der Waals surface area contributed by atoms with Crippen LogP contribution in [-0.2, 0) is 4.74 Å². The molecule has 0 atom stereocenters.